The van der Waals surface area contributed by atoms with Gasteiger partial charge in [0.1, 0.15) is 0 Å². The third kappa shape index (κ3) is 1.12. The van der Waals surface area contributed by atoms with Crippen LogP contribution in [0, 0.1) is 0 Å². The van der Waals surface area contributed by atoms with Gasteiger partial charge in [-0.25, -0.2) is 0 Å². The predicted molar refractivity (Wildman–Crippen MR) is 31.1 cm³/mol. The molecule has 1 rings (SSSR count). The summed E-state index contributed by atoms with van der Waals surface area (Å²) < 4.78 is 1.50. The molecule has 1 aliphatic carbocycles. The molecule has 0 bridgehead atoms. The van der Waals surface area contributed by atoms with Crippen molar-refractivity contribution >= 4 is 0 Å². The summed E-state index contributed by atoms with van der Waals surface area (Å²) >= 11 is 2.18. The van der Waals surface area contributed by atoms with Crippen LogP contribution >= 0.6 is 0 Å². The minimum atomic E-state index is 1.20. The molecule has 0 heterocycles. The molecule has 0 radical (unpaired) electrons. The van der Waals surface area contributed by atoms with Crippen molar-refractivity contribution in [1.29, 1.82) is 0 Å². The van der Waals surface area contributed by atoms with Gasteiger partial charge in [0.15, 0.2) is 0 Å². The van der Waals surface area contributed by atoms with Gasteiger partial charge in [-0.1, -0.05) is 0 Å². The Kier molecular flexibility index (Phi) is 1.74. The molecule has 8 heavy (non-hydrogen) atoms. The van der Waals surface area contributed by atoms with E-state index >= 15 is 0 Å². The Hall–Kier alpha value is 0.194. The molecule has 0 unspecified atom stereocenters. The first kappa shape index (κ1) is 6.32. The third-order valence-corrected chi connectivity index (χ3v) is 2.02. The Balaban J connectivity index is 2.79. The molecule has 0 fully saturated rings. The molecular weight excluding hydrogens is 132 g/mol. The normalized spacial score (nSPS) is 19.4. The number of allylic oxidation sites excluding steroid dienone is 4. The van der Waals surface area contributed by atoms with Crippen molar-refractivity contribution in [3.63, 3.8) is 0 Å². The Bertz CT molecular complexity index is 163. The fourth-order valence-electron chi connectivity index (χ4n) is 0.861. The van der Waals surface area contributed by atoms with Crippen molar-refractivity contribution in [3.8, 4) is 0 Å². The summed E-state index contributed by atoms with van der Waals surface area (Å²) in [5.74, 6) is 0. The monoisotopic (exact) mass is 141 g/mol. The summed E-state index contributed by atoms with van der Waals surface area (Å²) in [6.45, 7) is 4.37. The quantitative estimate of drug-likeness (QED) is 0.453. The summed E-state index contributed by atoms with van der Waals surface area (Å²) in [7, 11) is 0. The van der Waals surface area contributed by atoms with Gasteiger partial charge in [0.2, 0.25) is 0 Å². The molecular formula is C7H9Ti. The van der Waals surface area contributed by atoms with Crippen LogP contribution in [0.4, 0.5) is 0 Å². The second-order valence-corrected chi connectivity index (χ2v) is 3.31. The molecule has 0 aromatic rings. The molecule has 0 aromatic carbocycles. The van der Waals surface area contributed by atoms with Crippen LogP contribution in [0.15, 0.2) is 21.1 Å². The van der Waals surface area contributed by atoms with E-state index in [0.717, 1.165) is 0 Å². The second-order valence-electron chi connectivity index (χ2n) is 2.31. The Labute approximate surface area is 62.1 Å². The van der Waals surface area contributed by atoms with Crippen LogP contribution in [0.25, 0.3) is 0 Å². The van der Waals surface area contributed by atoms with Gasteiger partial charge >= 0.3 is 61.8 Å². The first-order chi connectivity index (χ1) is 3.70. The number of hydrogen-bond donors (Lipinski definition) is 0. The van der Waals surface area contributed by atoms with Crippen LogP contribution in [0.3, 0.4) is 0 Å². The summed E-state index contributed by atoms with van der Waals surface area (Å²) in [4.78, 5) is 0. The van der Waals surface area contributed by atoms with Crippen LogP contribution in [0.5, 0.6) is 0 Å². The molecule has 0 amide bonds. The van der Waals surface area contributed by atoms with Crippen molar-refractivity contribution in [2.45, 2.75) is 20.3 Å². The van der Waals surface area contributed by atoms with Gasteiger partial charge in [0.05, 0.1) is 0 Å². The van der Waals surface area contributed by atoms with E-state index < -0.39 is 0 Å². The third-order valence-electron chi connectivity index (χ3n) is 1.52. The van der Waals surface area contributed by atoms with Crippen LogP contribution in [0.1, 0.15) is 20.3 Å². The van der Waals surface area contributed by atoms with Crippen molar-refractivity contribution in [2.75, 3.05) is 0 Å². The van der Waals surface area contributed by atoms with E-state index in [9.17, 15) is 0 Å². The average Bonchev–Trinajstić information content (AvgIpc) is 1.85. The van der Waals surface area contributed by atoms with Crippen molar-refractivity contribution < 1.29 is 20.4 Å². The van der Waals surface area contributed by atoms with E-state index in [1.54, 1.807) is 0 Å². The number of rotatable bonds is 0. The van der Waals surface area contributed by atoms with E-state index in [4.69, 9.17) is 0 Å². The van der Waals surface area contributed by atoms with Gasteiger partial charge in [-0.2, -0.15) is 0 Å². The molecule has 41 valence electrons. The van der Waals surface area contributed by atoms with Gasteiger partial charge < -0.3 is 0 Å². The predicted octanol–water partition coefficient (Wildman–Crippen LogP) is 2.16. The van der Waals surface area contributed by atoms with E-state index in [0.29, 0.717) is 0 Å². The molecule has 1 aliphatic rings. The van der Waals surface area contributed by atoms with Crippen LogP contribution < -0.4 is 0 Å². The molecule has 0 atom stereocenters. The SMILES string of the molecule is CC1=C(C)C[C]([Ti])=C1. The summed E-state index contributed by atoms with van der Waals surface area (Å²) in [6, 6.07) is 0. The van der Waals surface area contributed by atoms with Gasteiger partial charge in [-0.15, -0.1) is 0 Å². The second kappa shape index (κ2) is 2.20. The zero-order chi connectivity index (χ0) is 6.15. The Morgan fingerprint density at radius 1 is 1.50 bits per heavy atom. The van der Waals surface area contributed by atoms with Crippen LogP contribution in [0.2, 0.25) is 0 Å². The van der Waals surface area contributed by atoms with Gasteiger partial charge in [-0.3, -0.25) is 0 Å². The minimum absolute atomic E-state index is 1.20. The first-order valence-electron chi connectivity index (χ1n) is 2.78. The van der Waals surface area contributed by atoms with E-state index in [2.05, 4.69) is 40.4 Å². The summed E-state index contributed by atoms with van der Waals surface area (Å²) in [5.41, 5.74) is 2.99. The average molecular weight is 141 g/mol. The van der Waals surface area contributed by atoms with Gasteiger partial charge in [0.25, 0.3) is 0 Å². The van der Waals surface area contributed by atoms with Crippen molar-refractivity contribution in [2.24, 2.45) is 0 Å². The zero-order valence-electron chi connectivity index (χ0n) is 5.28. The van der Waals surface area contributed by atoms with Crippen LogP contribution in [-0.2, 0) is 20.4 Å². The maximum absolute atomic E-state index is 2.26. The summed E-state index contributed by atoms with van der Waals surface area (Å²) in [5, 5.41) is 0. The maximum atomic E-state index is 2.26. The fraction of sp³-hybridized carbons (Fsp3) is 0.429. The van der Waals surface area contributed by atoms with Crippen molar-refractivity contribution in [1.82, 2.24) is 0 Å². The fourth-order valence-corrected chi connectivity index (χ4v) is 1.61. The molecule has 0 spiro atoms. The van der Waals surface area contributed by atoms with Crippen molar-refractivity contribution in [3.05, 3.63) is 21.1 Å². The van der Waals surface area contributed by atoms with Gasteiger partial charge in [0, 0.05) is 0 Å². The standard InChI is InChI=1S/C7H9.Ti/c1-6-4-3-5-7(6)2;/h4H,5H2,1-2H3;. The topological polar surface area (TPSA) is 0 Å². The molecule has 0 aromatic heterocycles. The Morgan fingerprint density at radius 2 is 2.12 bits per heavy atom. The molecule has 0 nitrogen and oxygen atoms in total. The number of hydrogen-bond acceptors (Lipinski definition) is 0. The molecule has 0 saturated carbocycles. The molecule has 0 N–H and O–H groups in total. The Morgan fingerprint density at radius 3 is 2.25 bits per heavy atom. The first-order valence-corrected chi connectivity index (χ1v) is 3.57. The van der Waals surface area contributed by atoms with Gasteiger partial charge in [-0.05, 0) is 0 Å². The van der Waals surface area contributed by atoms with E-state index in [1.807, 2.05) is 0 Å². The molecule has 0 aliphatic heterocycles. The van der Waals surface area contributed by atoms with Crippen LogP contribution in [-0.4, -0.2) is 0 Å². The van der Waals surface area contributed by atoms with E-state index in [-0.39, 0.29) is 0 Å². The van der Waals surface area contributed by atoms with E-state index in [1.165, 1.54) is 21.4 Å². The summed E-state index contributed by atoms with van der Waals surface area (Å²) in [6.07, 6.45) is 3.46. The molecule has 0 saturated heterocycles. The molecule has 1 heteroatoms. The zero-order valence-corrected chi connectivity index (χ0v) is 6.85.